The highest BCUT2D eigenvalue weighted by Crippen LogP contribution is 2.34. The van der Waals surface area contributed by atoms with E-state index in [1.54, 1.807) is 12.1 Å². The lowest BCUT2D eigenvalue weighted by molar-refractivity contribution is 0.0815. The van der Waals surface area contributed by atoms with Crippen LogP contribution in [0.15, 0.2) is 36.4 Å². The van der Waals surface area contributed by atoms with Gasteiger partial charge in [-0.25, -0.2) is 4.98 Å². The summed E-state index contributed by atoms with van der Waals surface area (Å²) in [6.45, 7) is 0. The standard InChI is InChI=1S/C17H11NO2/c19-16-12-7-3-2-6-11(12)15-13(17(16)20)9-10-5-1-4-8-14(10)18-15/h2-4,6-9H,1,5H2. The first-order valence-electron chi connectivity index (χ1n) is 6.64. The zero-order chi connectivity index (χ0) is 13.7. The van der Waals surface area contributed by atoms with Crippen molar-refractivity contribution >= 4 is 17.6 Å². The molecule has 1 aromatic carbocycles. The fourth-order valence-electron chi connectivity index (χ4n) is 2.86. The summed E-state index contributed by atoms with van der Waals surface area (Å²) >= 11 is 0. The highest BCUT2D eigenvalue weighted by Gasteiger charge is 2.32. The third kappa shape index (κ3) is 1.43. The van der Waals surface area contributed by atoms with Gasteiger partial charge >= 0.3 is 0 Å². The molecule has 0 aliphatic heterocycles. The Hall–Kier alpha value is -2.55. The average Bonchev–Trinajstić information content (AvgIpc) is 2.51. The molecule has 0 N–H and O–H groups in total. The number of pyridine rings is 1. The molecule has 20 heavy (non-hydrogen) atoms. The summed E-state index contributed by atoms with van der Waals surface area (Å²) in [4.78, 5) is 29.0. The van der Waals surface area contributed by atoms with Crippen molar-refractivity contribution in [1.82, 2.24) is 4.98 Å². The lowest BCUT2D eigenvalue weighted by Gasteiger charge is -2.20. The van der Waals surface area contributed by atoms with Crippen molar-refractivity contribution in [3.05, 3.63) is 58.8 Å². The number of hydrogen-bond acceptors (Lipinski definition) is 3. The molecule has 0 bridgehead atoms. The van der Waals surface area contributed by atoms with E-state index in [1.165, 1.54) is 0 Å². The number of fused-ring (bicyclic) bond motifs is 4. The van der Waals surface area contributed by atoms with Crippen LogP contribution in [-0.2, 0) is 6.42 Å². The number of carbonyl (C=O) groups excluding carboxylic acids is 2. The number of ketones is 2. The Morgan fingerprint density at radius 3 is 2.55 bits per heavy atom. The average molecular weight is 261 g/mol. The van der Waals surface area contributed by atoms with Crippen molar-refractivity contribution in [1.29, 1.82) is 0 Å². The number of allylic oxidation sites excluding steroid dienone is 1. The first-order chi connectivity index (χ1) is 9.75. The first kappa shape index (κ1) is 11.3. The van der Waals surface area contributed by atoms with E-state index in [-0.39, 0.29) is 0 Å². The summed E-state index contributed by atoms with van der Waals surface area (Å²) in [6, 6.07) is 9.02. The highest BCUT2D eigenvalue weighted by molar-refractivity contribution is 6.52. The van der Waals surface area contributed by atoms with Crippen LogP contribution >= 0.6 is 0 Å². The third-order valence-corrected chi connectivity index (χ3v) is 3.87. The minimum Gasteiger partial charge on any atom is -0.285 e. The van der Waals surface area contributed by atoms with E-state index in [0.717, 1.165) is 29.7 Å². The molecule has 0 unspecified atom stereocenters. The number of rotatable bonds is 0. The summed E-state index contributed by atoms with van der Waals surface area (Å²) in [5, 5.41) is 0. The first-order valence-corrected chi connectivity index (χ1v) is 6.64. The molecule has 3 heteroatoms. The van der Waals surface area contributed by atoms with Crippen LogP contribution in [0.5, 0.6) is 0 Å². The predicted molar refractivity (Wildman–Crippen MR) is 75.7 cm³/mol. The number of aromatic nitrogens is 1. The van der Waals surface area contributed by atoms with Crippen molar-refractivity contribution in [2.24, 2.45) is 0 Å². The monoisotopic (exact) mass is 261 g/mol. The zero-order valence-corrected chi connectivity index (χ0v) is 10.7. The molecule has 0 spiro atoms. The van der Waals surface area contributed by atoms with Crippen molar-refractivity contribution in [3.8, 4) is 11.3 Å². The zero-order valence-electron chi connectivity index (χ0n) is 10.7. The fraction of sp³-hybridized carbons (Fsp3) is 0.118. The number of nitrogens with zero attached hydrogens (tertiary/aromatic N) is 1. The quantitative estimate of drug-likeness (QED) is 0.685. The van der Waals surface area contributed by atoms with Crippen molar-refractivity contribution in [2.45, 2.75) is 12.8 Å². The van der Waals surface area contributed by atoms with Crippen LogP contribution in [0.1, 0.15) is 38.4 Å². The molecule has 0 saturated carbocycles. The molecule has 96 valence electrons. The van der Waals surface area contributed by atoms with Crippen LogP contribution in [-0.4, -0.2) is 16.6 Å². The van der Waals surface area contributed by atoms with E-state index < -0.39 is 11.6 Å². The molecule has 0 fully saturated rings. The van der Waals surface area contributed by atoms with Crippen molar-refractivity contribution < 1.29 is 9.59 Å². The second-order valence-corrected chi connectivity index (χ2v) is 5.07. The molecule has 0 radical (unpaired) electrons. The van der Waals surface area contributed by atoms with Crippen LogP contribution in [0.2, 0.25) is 0 Å². The van der Waals surface area contributed by atoms with E-state index >= 15 is 0 Å². The number of aryl methyl sites for hydroxylation is 1. The summed E-state index contributed by atoms with van der Waals surface area (Å²) in [6.07, 6.45) is 5.90. The van der Waals surface area contributed by atoms with Crippen molar-refractivity contribution in [3.63, 3.8) is 0 Å². The third-order valence-electron chi connectivity index (χ3n) is 3.87. The van der Waals surface area contributed by atoms with Crippen LogP contribution in [0.3, 0.4) is 0 Å². The highest BCUT2D eigenvalue weighted by atomic mass is 16.2. The molecule has 2 aliphatic carbocycles. The largest absolute Gasteiger partial charge is 0.285 e. The predicted octanol–water partition coefficient (Wildman–Crippen LogP) is 3.09. The van der Waals surface area contributed by atoms with Gasteiger partial charge in [-0.15, -0.1) is 0 Å². The summed E-state index contributed by atoms with van der Waals surface area (Å²) in [5.74, 6) is -0.871. The Morgan fingerprint density at radius 1 is 0.950 bits per heavy atom. The Labute approximate surface area is 116 Å². The van der Waals surface area contributed by atoms with Gasteiger partial charge < -0.3 is 0 Å². The van der Waals surface area contributed by atoms with E-state index in [4.69, 9.17) is 0 Å². The molecule has 0 atom stereocenters. The van der Waals surface area contributed by atoms with Crippen LogP contribution in [0, 0.1) is 0 Å². The number of carbonyl (C=O) groups is 2. The van der Waals surface area contributed by atoms with Crippen LogP contribution in [0.25, 0.3) is 17.3 Å². The molecular formula is C17H11NO2. The van der Waals surface area contributed by atoms with Gasteiger partial charge in [-0.2, -0.15) is 0 Å². The SMILES string of the molecule is O=C1C(=O)c2cc3c(nc2-c2ccccc21)C=CCC3. The van der Waals surface area contributed by atoms with Gasteiger partial charge in [0.2, 0.25) is 11.6 Å². The second kappa shape index (κ2) is 3.97. The fourth-order valence-corrected chi connectivity index (χ4v) is 2.86. The Morgan fingerprint density at radius 2 is 1.70 bits per heavy atom. The maximum absolute atomic E-state index is 12.3. The smallest absolute Gasteiger partial charge is 0.235 e. The summed E-state index contributed by atoms with van der Waals surface area (Å²) in [5.41, 5.74) is 4.25. The lowest BCUT2D eigenvalue weighted by atomic mass is 9.85. The number of hydrogen-bond donors (Lipinski definition) is 0. The summed E-state index contributed by atoms with van der Waals surface area (Å²) < 4.78 is 0. The lowest BCUT2D eigenvalue weighted by Crippen LogP contribution is -2.23. The normalized spacial score (nSPS) is 15.6. The van der Waals surface area contributed by atoms with E-state index in [2.05, 4.69) is 11.1 Å². The van der Waals surface area contributed by atoms with Gasteiger partial charge in [-0.1, -0.05) is 30.3 Å². The molecule has 2 aromatic rings. The minimum absolute atomic E-state index is 0.429. The molecule has 0 amide bonds. The molecule has 0 saturated heterocycles. The molecule has 1 aromatic heterocycles. The van der Waals surface area contributed by atoms with E-state index in [9.17, 15) is 9.59 Å². The van der Waals surface area contributed by atoms with Gasteiger partial charge in [0, 0.05) is 11.1 Å². The topological polar surface area (TPSA) is 47.0 Å². The van der Waals surface area contributed by atoms with Gasteiger partial charge in [-0.05, 0) is 30.5 Å². The maximum Gasteiger partial charge on any atom is 0.235 e. The van der Waals surface area contributed by atoms with E-state index in [1.807, 2.05) is 24.3 Å². The van der Waals surface area contributed by atoms with Crippen LogP contribution < -0.4 is 0 Å². The number of benzene rings is 1. The van der Waals surface area contributed by atoms with E-state index in [0.29, 0.717) is 16.8 Å². The molecule has 1 heterocycles. The molecule has 3 nitrogen and oxygen atoms in total. The van der Waals surface area contributed by atoms with Crippen molar-refractivity contribution in [2.75, 3.05) is 0 Å². The summed E-state index contributed by atoms with van der Waals surface area (Å²) in [7, 11) is 0. The van der Waals surface area contributed by atoms with Gasteiger partial charge in [0.05, 0.1) is 17.0 Å². The molecule has 4 rings (SSSR count). The Kier molecular flexibility index (Phi) is 2.24. The second-order valence-electron chi connectivity index (χ2n) is 5.07. The maximum atomic E-state index is 12.3. The van der Waals surface area contributed by atoms with Gasteiger partial charge in [0.1, 0.15) is 0 Å². The van der Waals surface area contributed by atoms with Gasteiger partial charge in [0.25, 0.3) is 0 Å². The molecular weight excluding hydrogens is 250 g/mol. The van der Waals surface area contributed by atoms with Gasteiger partial charge in [-0.3, -0.25) is 9.59 Å². The minimum atomic E-state index is -0.441. The number of Topliss-reactive ketones (excluding diaryl/α,β-unsaturated/α-hetero) is 2. The molecule has 2 aliphatic rings. The Balaban J connectivity index is 2.06. The van der Waals surface area contributed by atoms with Crippen LogP contribution in [0.4, 0.5) is 0 Å². The van der Waals surface area contributed by atoms with Gasteiger partial charge in [0.15, 0.2) is 0 Å². The Bertz CT molecular complexity index is 803.